The van der Waals surface area contributed by atoms with Crippen LogP contribution in [0.3, 0.4) is 0 Å². The number of hydrogen-bond donors (Lipinski definition) is 2. The predicted octanol–water partition coefficient (Wildman–Crippen LogP) is -0.00340. The van der Waals surface area contributed by atoms with Gasteiger partial charge in [-0.15, -0.1) is 0 Å². The number of nitrogens with two attached hydrogens (primary N) is 2. The summed E-state index contributed by atoms with van der Waals surface area (Å²) in [5.41, 5.74) is 9.50. The molecule has 1 aromatic rings. The van der Waals surface area contributed by atoms with Crippen LogP contribution in [0.2, 0.25) is 0 Å². The van der Waals surface area contributed by atoms with E-state index in [2.05, 4.69) is 14.5 Å². The second-order valence-corrected chi connectivity index (χ2v) is 2.17. The Labute approximate surface area is 78.6 Å². The van der Waals surface area contributed by atoms with E-state index in [0.29, 0.717) is 0 Å². The molecule has 0 aromatic carbocycles. The van der Waals surface area contributed by atoms with Crippen molar-refractivity contribution in [3.8, 4) is 11.6 Å². The van der Waals surface area contributed by atoms with E-state index in [1.54, 1.807) is 0 Å². The van der Waals surface area contributed by atoms with Gasteiger partial charge in [0.25, 0.3) is 0 Å². The Balaban J connectivity index is 2.78. The predicted molar refractivity (Wildman–Crippen MR) is 44.7 cm³/mol. The maximum Gasteiger partial charge on any atom is 0.411 e. The van der Waals surface area contributed by atoms with Crippen molar-refractivity contribution >= 4 is 12.2 Å². The van der Waals surface area contributed by atoms with E-state index in [9.17, 15) is 9.59 Å². The zero-order valence-corrected chi connectivity index (χ0v) is 6.97. The molecular formula is C7H7N3O4. The number of ether oxygens (including phenoxy) is 2. The smallest absolute Gasteiger partial charge is 0.410 e. The molecule has 0 aliphatic heterocycles. The minimum atomic E-state index is -1.01. The first kappa shape index (κ1) is 9.78. The molecule has 1 aromatic heterocycles. The average Bonchev–Trinajstić information content (AvgIpc) is 2.01. The summed E-state index contributed by atoms with van der Waals surface area (Å²) in [5.74, 6) is 0.0417. The normalized spacial score (nSPS) is 9.14. The van der Waals surface area contributed by atoms with Gasteiger partial charge in [-0.3, -0.25) is 0 Å². The molecule has 0 radical (unpaired) electrons. The van der Waals surface area contributed by atoms with E-state index >= 15 is 0 Å². The van der Waals surface area contributed by atoms with Crippen molar-refractivity contribution in [2.24, 2.45) is 11.5 Å². The van der Waals surface area contributed by atoms with Gasteiger partial charge in [0.2, 0.25) is 5.88 Å². The molecule has 0 saturated heterocycles. The Kier molecular flexibility index (Phi) is 2.85. The van der Waals surface area contributed by atoms with E-state index in [1.165, 1.54) is 18.3 Å². The Bertz CT molecular complexity index is 334. The fourth-order valence-corrected chi connectivity index (χ4v) is 0.730. The lowest BCUT2D eigenvalue weighted by Crippen LogP contribution is -2.18. The molecule has 14 heavy (non-hydrogen) atoms. The van der Waals surface area contributed by atoms with Gasteiger partial charge < -0.3 is 20.9 Å². The van der Waals surface area contributed by atoms with Crippen LogP contribution in [0, 0.1) is 0 Å². The van der Waals surface area contributed by atoms with Gasteiger partial charge in [0.1, 0.15) is 5.75 Å². The Morgan fingerprint density at radius 1 is 1.21 bits per heavy atom. The number of nitrogens with zero attached hydrogens (tertiary/aromatic N) is 1. The van der Waals surface area contributed by atoms with Crippen LogP contribution < -0.4 is 20.9 Å². The fraction of sp³-hybridized carbons (Fsp3) is 0. The molecule has 0 unspecified atom stereocenters. The molecule has 0 aliphatic rings. The minimum Gasteiger partial charge on any atom is -0.410 e. The molecule has 0 atom stereocenters. The Morgan fingerprint density at radius 2 is 1.86 bits per heavy atom. The highest BCUT2D eigenvalue weighted by atomic mass is 16.6. The zero-order valence-electron chi connectivity index (χ0n) is 6.97. The maximum atomic E-state index is 10.3. The molecular weight excluding hydrogens is 190 g/mol. The highest BCUT2D eigenvalue weighted by molar-refractivity contribution is 5.69. The summed E-state index contributed by atoms with van der Waals surface area (Å²) >= 11 is 0. The molecule has 0 fully saturated rings. The monoisotopic (exact) mass is 197 g/mol. The van der Waals surface area contributed by atoms with E-state index in [4.69, 9.17) is 11.5 Å². The molecule has 7 heteroatoms. The first-order valence-electron chi connectivity index (χ1n) is 3.48. The highest BCUT2D eigenvalue weighted by Crippen LogP contribution is 2.15. The van der Waals surface area contributed by atoms with Gasteiger partial charge in [0.15, 0.2) is 0 Å². The van der Waals surface area contributed by atoms with E-state index in [0.717, 1.165) is 0 Å². The van der Waals surface area contributed by atoms with Crippen LogP contribution in [0.25, 0.3) is 0 Å². The third kappa shape index (κ3) is 2.97. The number of aromatic nitrogens is 1. The standard InChI is InChI=1S/C7H7N3O4/c8-6(11)13-4-1-2-10-5(3-4)14-7(9)12/h1-3H,(H2,8,11)(H2,9,12). The average molecular weight is 197 g/mol. The van der Waals surface area contributed by atoms with Crippen LogP contribution in [0.5, 0.6) is 11.6 Å². The third-order valence-corrected chi connectivity index (χ3v) is 1.13. The van der Waals surface area contributed by atoms with Crippen molar-refractivity contribution in [2.75, 3.05) is 0 Å². The number of primary amides is 2. The molecule has 74 valence electrons. The number of carbonyl (C=O) groups is 2. The number of amides is 2. The van der Waals surface area contributed by atoms with Crippen LogP contribution in [0.15, 0.2) is 18.3 Å². The van der Waals surface area contributed by atoms with Crippen molar-refractivity contribution < 1.29 is 19.1 Å². The second kappa shape index (κ2) is 4.08. The van der Waals surface area contributed by atoms with Crippen LogP contribution in [-0.4, -0.2) is 17.2 Å². The summed E-state index contributed by atoms with van der Waals surface area (Å²) in [6, 6.07) is 2.58. The molecule has 1 rings (SSSR count). The lowest BCUT2D eigenvalue weighted by atomic mass is 10.4. The summed E-state index contributed by atoms with van der Waals surface area (Å²) in [6.45, 7) is 0. The summed E-state index contributed by atoms with van der Waals surface area (Å²) in [7, 11) is 0. The first-order valence-corrected chi connectivity index (χ1v) is 3.48. The summed E-state index contributed by atoms with van der Waals surface area (Å²) in [4.78, 5) is 24.3. The number of hydrogen-bond acceptors (Lipinski definition) is 5. The van der Waals surface area contributed by atoms with Gasteiger partial charge in [0, 0.05) is 12.3 Å². The summed E-state index contributed by atoms with van der Waals surface area (Å²) < 4.78 is 8.94. The second-order valence-electron chi connectivity index (χ2n) is 2.17. The van der Waals surface area contributed by atoms with Gasteiger partial charge in [-0.25, -0.2) is 14.6 Å². The Morgan fingerprint density at radius 3 is 2.43 bits per heavy atom. The third-order valence-electron chi connectivity index (χ3n) is 1.13. The Hall–Kier alpha value is -2.31. The van der Waals surface area contributed by atoms with Crippen molar-refractivity contribution in [3.05, 3.63) is 18.3 Å². The van der Waals surface area contributed by atoms with Crippen LogP contribution in [-0.2, 0) is 0 Å². The summed E-state index contributed by atoms with van der Waals surface area (Å²) in [5, 5.41) is 0. The van der Waals surface area contributed by atoms with Gasteiger partial charge >= 0.3 is 12.2 Å². The minimum absolute atomic E-state index is 0.0729. The molecule has 0 aliphatic carbocycles. The molecule has 7 nitrogen and oxygen atoms in total. The van der Waals surface area contributed by atoms with Crippen molar-refractivity contribution in [2.45, 2.75) is 0 Å². The topological polar surface area (TPSA) is 118 Å². The number of rotatable bonds is 2. The van der Waals surface area contributed by atoms with Gasteiger partial charge in [-0.05, 0) is 6.07 Å². The van der Waals surface area contributed by atoms with Crippen LogP contribution >= 0.6 is 0 Å². The number of pyridine rings is 1. The first-order chi connectivity index (χ1) is 6.58. The van der Waals surface area contributed by atoms with Crippen LogP contribution in [0.4, 0.5) is 9.59 Å². The van der Waals surface area contributed by atoms with E-state index in [1.807, 2.05) is 0 Å². The van der Waals surface area contributed by atoms with Crippen molar-refractivity contribution in [1.29, 1.82) is 0 Å². The van der Waals surface area contributed by atoms with Crippen LogP contribution in [0.1, 0.15) is 0 Å². The maximum absolute atomic E-state index is 10.3. The fourth-order valence-electron chi connectivity index (χ4n) is 0.730. The zero-order chi connectivity index (χ0) is 10.6. The molecule has 0 saturated carbocycles. The van der Waals surface area contributed by atoms with Crippen molar-refractivity contribution in [3.63, 3.8) is 0 Å². The van der Waals surface area contributed by atoms with Crippen molar-refractivity contribution in [1.82, 2.24) is 4.98 Å². The lowest BCUT2D eigenvalue weighted by molar-refractivity contribution is 0.208. The quantitative estimate of drug-likeness (QED) is 0.691. The van der Waals surface area contributed by atoms with Gasteiger partial charge in [0.05, 0.1) is 0 Å². The molecule has 4 N–H and O–H groups in total. The molecule has 0 spiro atoms. The summed E-state index contributed by atoms with van der Waals surface area (Å²) in [6.07, 6.45) is -0.703. The largest absolute Gasteiger partial charge is 0.411 e. The van der Waals surface area contributed by atoms with E-state index in [-0.39, 0.29) is 11.6 Å². The molecule has 1 heterocycles. The van der Waals surface area contributed by atoms with E-state index < -0.39 is 12.2 Å². The molecule has 0 bridgehead atoms. The number of carbonyl (C=O) groups excluding carboxylic acids is 2. The van der Waals surface area contributed by atoms with Gasteiger partial charge in [-0.1, -0.05) is 0 Å². The molecule has 2 amide bonds. The lowest BCUT2D eigenvalue weighted by Gasteiger charge is -2.02. The highest BCUT2D eigenvalue weighted by Gasteiger charge is 2.04. The SMILES string of the molecule is NC(=O)Oc1ccnc(OC(N)=O)c1. The van der Waals surface area contributed by atoms with Gasteiger partial charge in [-0.2, -0.15) is 0 Å².